The lowest BCUT2D eigenvalue weighted by Crippen LogP contribution is -2.53. The molecule has 0 saturated heterocycles. The first-order valence-electron chi connectivity index (χ1n) is 7.29. The van der Waals surface area contributed by atoms with Crippen molar-refractivity contribution in [2.45, 2.75) is 71.8 Å². The summed E-state index contributed by atoms with van der Waals surface area (Å²) < 4.78 is 0. The van der Waals surface area contributed by atoms with E-state index >= 15 is 0 Å². The predicted octanol–water partition coefficient (Wildman–Crippen LogP) is 3.33. The number of rotatable bonds is 5. The maximum atomic E-state index is 11.0. The highest BCUT2D eigenvalue weighted by Crippen LogP contribution is 2.46. The molecule has 0 amide bonds. The van der Waals surface area contributed by atoms with Gasteiger partial charge in [-0.2, -0.15) is 0 Å². The number of hydrogen-bond donors (Lipinski definition) is 2. The number of aliphatic hydroxyl groups is 1. The van der Waals surface area contributed by atoms with Gasteiger partial charge < -0.3 is 10.8 Å². The summed E-state index contributed by atoms with van der Waals surface area (Å²) in [7, 11) is 0. The van der Waals surface area contributed by atoms with Crippen molar-refractivity contribution in [3.63, 3.8) is 0 Å². The maximum absolute atomic E-state index is 11.0. The smallest absolute Gasteiger partial charge is 0.0715 e. The highest BCUT2D eigenvalue weighted by atomic mass is 16.3. The lowest BCUT2D eigenvalue weighted by Gasteiger charge is -2.49. The van der Waals surface area contributed by atoms with Crippen LogP contribution in [0, 0.1) is 17.3 Å². The third-order valence-corrected chi connectivity index (χ3v) is 4.99. The van der Waals surface area contributed by atoms with Crippen molar-refractivity contribution in [1.29, 1.82) is 0 Å². The Morgan fingerprint density at radius 3 is 2.59 bits per heavy atom. The Labute approximate surface area is 107 Å². The van der Waals surface area contributed by atoms with Gasteiger partial charge in [0.15, 0.2) is 0 Å². The molecule has 3 unspecified atom stereocenters. The molecule has 1 aliphatic rings. The van der Waals surface area contributed by atoms with E-state index in [-0.39, 0.29) is 5.41 Å². The molecule has 1 fully saturated rings. The molecule has 2 nitrogen and oxygen atoms in total. The Morgan fingerprint density at radius 1 is 1.47 bits per heavy atom. The minimum absolute atomic E-state index is 0.108. The van der Waals surface area contributed by atoms with E-state index in [4.69, 9.17) is 5.73 Å². The Hall–Kier alpha value is -0.0800. The second-order valence-corrected chi connectivity index (χ2v) is 6.74. The van der Waals surface area contributed by atoms with Gasteiger partial charge in [0, 0.05) is 12.0 Å². The molecule has 0 spiro atoms. The van der Waals surface area contributed by atoms with E-state index in [0.717, 1.165) is 31.6 Å². The second-order valence-electron chi connectivity index (χ2n) is 6.74. The SMILES string of the molecule is CCC(C)(CN)C1(O)CCCC(CC(C)C)C1. The first-order valence-corrected chi connectivity index (χ1v) is 7.29. The summed E-state index contributed by atoms with van der Waals surface area (Å²) in [5.74, 6) is 1.42. The van der Waals surface area contributed by atoms with Gasteiger partial charge >= 0.3 is 0 Å². The van der Waals surface area contributed by atoms with Crippen LogP contribution in [0.25, 0.3) is 0 Å². The van der Waals surface area contributed by atoms with E-state index in [1.165, 1.54) is 12.8 Å². The Morgan fingerprint density at radius 2 is 2.12 bits per heavy atom. The molecule has 3 N–H and O–H groups in total. The fraction of sp³-hybridized carbons (Fsp3) is 1.00. The second kappa shape index (κ2) is 5.71. The minimum atomic E-state index is -0.533. The molecular formula is C15H31NO. The van der Waals surface area contributed by atoms with Gasteiger partial charge in [-0.3, -0.25) is 0 Å². The van der Waals surface area contributed by atoms with Crippen molar-refractivity contribution in [2.24, 2.45) is 23.0 Å². The standard InChI is InChI=1S/C15H31NO/c1-5-14(4,11-16)15(17)8-6-7-13(10-15)9-12(2)3/h12-13,17H,5-11,16H2,1-4H3. The summed E-state index contributed by atoms with van der Waals surface area (Å²) in [4.78, 5) is 0. The monoisotopic (exact) mass is 241 g/mol. The van der Waals surface area contributed by atoms with E-state index in [1.54, 1.807) is 0 Å². The van der Waals surface area contributed by atoms with Gasteiger partial charge in [0.25, 0.3) is 0 Å². The van der Waals surface area contributed by atoms with Crippen molar-refractivity contribution in [3.05, 3.63) is 0 Å². The molecular weight excluding hydrogens is 210 g/mol. The zero-order valence-electron chi connectivity index (χ0n) is 12.1. The molecule has 1 aliphatic carbocycles. The van der Waals surface area contributed by atoms with Crippen molar-refractivity contribution in [1.82, 2.24) is 0 Å². The average molecular weight is 241 g/mol. The van der Waals surface area contributed by atoms with Crippen molar-refractivity contribution >= 4 is 0 Å². The van der Waals surface area contributed by atoms with Gasteiger partial charge in [-0.15, -0.1) is 0 Å². The van der Waals surface area contributed by atoms with Crippen LogP contribution in [0.15, 0.2) is 0 Å². The highest BCUT2D eigenvalue weighted by molar-refractivity contribution is 4.99. The van der Waals surface area contributed by atoms with Crippen LogP contribution in [0.5, 0.6) is 0 Å². The number of hydrogen-bond acceptors (Lipinski definition) is 2. The fourth-order valence-corrected chi connectivity index (χ4v) is 3.44. The van der Waals surface area contributed by atoms with Gasteiger partial charge in [-0.05, 0) is 37.5 Å². The van der Waals surface area contributed by atoms with Gasteiger partial charge in [0.05, 0.1) is 5.60 Å². The average Bonchev–Trinajstić information content (AvgIpc) is 2.27. The Bertz CT molecular complexity index is 235. The summed E-state index contributed by atoms with van der Waals surface area (Å²) in [6.07, 6.45) is 6.53. The third kappa shape index (κ3) is 3.23. The van der Waals surface area contributed by atoms with Crippen LogP contribution < -0.4 is 5.73 Å². The molecule has 2 heteroatoms. The highest BCUT2D eigenvalue weighted by Gasteiger charge is 2.47. The van der Waals surface area contributed by atoms with E-state index in [1.807, 2.05) is 0 Å². The topological polar surface area (TPSA) is 46.2 Å². The Kier molecular flexibility index (Phi) is 5.03. The van der Waals surface area contributed by atoms with E-state index in [0.29, 0.717) is 12.5 Å². The molecule has 1 saturated carbocycles. The van der Waals surface area contributed by atoms with Crippen LogP contribution in [0.2, 0.25) is 0 Å². The van der Waals surface area contributed by atoms with Crippen molar-refractivity contribution in [2.75, 3.05) is 6.54 Å². The van der Waals surface area contributed by atoms with Crippen LogP contribution in [0.3, 0.4) is 0 Å². The molecule has 102 valence electrons. The molecule has 0 aromatic heterocycles. The van der Waals surface area contributed by atoms with Crippen LogP contribution in [-0.4, -0.2) is 17.3 Å². The first-order chi connectivity index (χ1) is 7.87. The lowest BCUT2D eigenvalue weighted by molar-refractivity contribution is -0.113. The first kappa shape index (κ1) is 15.0. The van der Waals surface area contributed by atoms with Gasteiger partial charge in [-0.25, -0.2) is 0 Å². The largest absolute Gasteiger partial charge is 0.389 e. The van der Waals surface area contributed by atoms with Crippen LogP contribution in [0.4, 0.5) is 0 Å². The third-order valence-electron chi connectivity index (χ3n) is 4.99. The summed E-state index contributed by atoms with van der Waals surface area (Å²) in [5, 5.41) is 11.0. The molecule has 0 bridgehead atoms. The molecule has 0 radical (unpaired) electrons. The summed E-state index contributed by atoms with van der Waals surface area (Å²) in [5.41, 5.74) is 5.28. The molecule has 0 heterocycles. The van der Waals surface area contributed by atoms with Crippen LogP contribution >= 0.6 is 0 Å². The van der Waals surface area contributed by atoms with Gasteiger partial charge in [0.2, 0.25) is 0 Å². The fourth-order valence-electron chi connectivity index (χ4n) is 3.44. The molecule has 0 aliphatic heterocycles. The van der Waals surface area contributed by atoms with Crippen molar-refractivity contribution < 1.29 is 5.11 Å². The Balaban J connectivity index is 2.75. The van der Waals surface area contributed by atoms with E-state index < -0.39 is 5.60 Å². The van der Waals surface area contributed by atoms with Crippen LogP contribution in [0.1, 0.15) is 66.2 Å². The van der Waals surface area contributed by atoms with E-state index in [2.05, 4.69) is 27.7 Å². The zero-order chi connectivity index (χ0) is 13.1. The summed E-state index contributed by atoms with van der Waals surface area (Å²) >= 11 is 0. The molecule has 3 atom stereocenters. The molecule has 0 aromatic rings. The minimum Gasteiger partial charge on any atom is -0.389 e. The quantitative estimate of drug-likeness (QED) is 0.775. The normalized spacial score (nSPS) is 33.7. The van der Waals surface area contributed by atoms with Crippen molar-refractivity contribution in [3.8, 4) is 0 Å². The lowest BCUT2D eigenvalue weighted by atomic mass is 9.61. The van der Waals surface area contributed by atoms with Gasteiger partial charge in [0.1, 0.15) is 0 Å². The predicted molar refractivity (Wildman–Crippen MR) is 73.8 cm³/mol. The zero-order valence-corrected chi connectivity index (χ0v) is 12.1. The van der Waals surface area contributed by atoms with E-state index in [9.17, 15) is 5.11 Å². The van der Waals surface area contributed by atoms with Gasteiger partial charge in [-0.1, -0.05) is 40.5 Å². The molecule has 0 aromatic carbocycles. The summed E-state index contributed by atoms with van der Waals surface area (Å²) in [6, 6.07) is 0. The molecule has 17 heavy (non-hydrogen) atoms. The van der Waals surface area contributed by atoms with Crippen LogP contribution in [-0.2, 0) is 0 Å². The maximum Gasteiger partial charge on any atom is 0.0715 e. The summed E-state index contributed by atoms with van der Waals surface area (Å²) in [6.45, 7) is 9.45. The molecule has 1 rings (SSSR count). The number of nitrogens with two attached hydrogens (primary N) is 1.